The highest BCUT2D eigenvalue weighted by Crippen LogP contribution is 2.28. The summed E-state index contributed by atoms with van der Waals surface area (Å²) in [4.78, 5) is 23.8. The van der Waals surface area contributed by atoms with Crippen molar-refractivity contribution in [1.82, 2.24) is 0 Å². The van der Waals surface area contributed by atoms with Gasteiger partial charge in [-0.05, 0) is 31.5 Å². The number of Topliss-reactive ketones (excluding diaryl/α,β-unsaturated/α-hetero) is 1. The van der Waals surface area contributed by atoms with Crippen LogP contribution in [0.3, 0.4) is 0 Å². The molecule has 2 aromatic carbocycles. The number of hydrogen-bond donors (Lipinski definition) is 0. The van der Waals surface area contributed by atoms with Gasteiger partial charge in [-0.25, -0.2) is 4.79 Å². The van der Waals surface area contributed by atoms with E-state index in [9.17, 15) is 9.59 Å². The lowest BCUT2D eigenvalue weighted by Gasteiger charge is -2.12. The quantitative estimate of drug-likeness (QED) is 0.584. The standard InChI is InChI=1S/C18H17ClO4/c1-3-22-18(21)15-9-14(10-16(19)17(15)12(2)20)23-11-13-7-5-4-6-8-13/h4-10H,3,11H2,1-2H3. The maximum atomic E-state index is 12.1. The minimum Gasteiger partial charge on any atom is -0.489 e. The van der Waals surface area contributed by atoms with Gasteiger partial charge in [0.2, 0.25) is 0 Å². The van der Waals surface area contributed by atoms with Gasteiger partial charge in [-0.3, -0.25) is 4.79 Å². The number of carbonyl (C=O) groups excluding carboxylic acids is 2. The van der Waals surface area contributed by atoms with Gasteiger partial charge in [0.05, 0.1) is 22.8 Å². The predicted molar refractivity (Wildman–Crippen MR) is 88.2 cm³/mol. The number of hydrogen-bond acceptors (Lipinski definition) is 4. The molecule has 2 rings (SSSR count). The summed E-state index contributed by atoms with van der Waals surface area (Å²) in [6.45, 7) is 3.60. The van der Waals surface area contributed by atoms with E-state index >= 15 is 0 Å². The molecule has 0 aliphatic heterocycles. The lowest BCUT2D eigenvalue weighted by atomic mass is 10.0. The van der Waals surface area contributed by atoms with Crippen LogP contribution in [0.15, 0.2) is 42.5 Å². The minimum atomic E-state index is -0.593. The molecule has 0 radical (unpaired) electrons. The van der Waals surface area contributed by atoms with Crippen molar-refractivity contribution in [3.05, 3.63) is 64.2 Å². The van der Waals surface area contributed by atoms with Crippen LogP contribution < -0.4 is 4.74 Å². The monoisotopic (exact) mass is 332 g/mol. The molecule has 0 aliphatic carbocycles. The Kier molecular flexibility index (Phi) is 5.77. The fraction of sp³-hybridized carbons (Fsp3) is 0.222. The van der Waals surface area contributed by atoms with Gasteiger partial charge < -0.3 is 9.47 Å². The highest BCUT2D eigenvalue weighted by atomic mass is 35.5. The Morgan fingerprint density at radius 3 is 2.43 bits per heavy atom. The molecule has 0 amide bonds. The largest absolute Gasteiger partial charge is 0.489 e. The first-order valence-corrected chi connectivity index (χ1v) is 7.59. The summed E-state index contributed by atoms with van der Waals surface area (Å²) in [5, 5.41) is 0.172. The van der Waals surface area contributed by atoms with E-state index in [2.05, 4.69) is 0 Å². The van der Waals surface area contributed by atoms with E-state index in [-0.39, 0.29) is 28.5 Å². The van der Waals surface area contributed by atoms with E-state index in [0.717, 1.165) is 5.56 Å². The van der Waals surface area contributed by atoms with Crippen LogP contribution in [0.1, 0.15) is 40.1 Å². The molecule has 0 saturated carbocycles. The van der Waals surface area contributed by atoms with Crippen LogP contribution in [0.25, 0.3) is 0 Å². The van der Waals surface area contributed by atoms with Gasteiger partial charge in [-0.1, -0.05) is 41.9 Å². The van der Waals surface area contributed by atoms with Crippen molar-refractivity contribution in [3.8, 4) is 5.75 Å². The van der Waals surface area contributed by atoms with E-state index in [4.69, 9.17) is 21.1 Å². The Balaban J connectivity index is 2.31. The molecule has 120 valence electrons. The van der Waals surface area contributed by atoms with Crippen LogP contribution in [0.5, 0.6) is 5.75 Å². The SMILES string of the molecule is CCOC(=O)c1cc(OCc2ccccc2)cc(Cl)c1C(C)=O. The fourth-order valence-corrected chi connectivity index (χ4v) is 2.48. The van der Waals surface area contributed by atoms with Crippen LogP contribution in [-0.2, 0) is 11.3 Å². The van der Waals surface area contributed by atoms with Gasteiger partial charge in [-0.2, -0.15) is 0 Å². The summed E-state index contributed by atoms with van der Waals surface area (Å²) in [6, 6.07) is 12.6. The Morgan fingerprint density at radius 1 is 1.13 bits per heavy atom. The minimum absolute atomic E-state index is 0.120. The highest BCUT2D eigenvalue weighted by molar-refractivity contribution is 6.35. The van der Waals surface area contributed by atoms with Gasteiger partial charge in [0, 0.05) is 0 Å². The van der Waals surface area contributed by atoms with Crippen molar-refractivity contribution >= 4 is 23.4 Å². The molecular weight excluding hydrogens is 316 g/mol. The average Bonchev–Trinajstić information content (AvgIpc) is 2.53. The predicted octanol–water partition coefficient (Wildman–Crippen LogP) is 4.30. The lowest BCUT2D eigenvalue weighted by Crippen LogP contribution is -2.12. The molecule has 0 aliphatic rings. The molecule has 0 atom stereocenters. The maximum absolute atomic E-state index is 12.1. The smallest absolute Gasteiger partial charge is 0.339 e. The van der Waals surface area contributed by atoms with Crippen molar-refractivity contribution in [1.29, 1.82) is 0 Å². The molecule has 4 nitrogen and oxygen atoms in total. The molecule has 0 fully saturated rings. The topological polar surface area (TPSA) is 52.6 Å². The lowest BCUT2D eigenvalue weighted by molar-refractivity contribution is 0.0522. The molecule has 2 aromatic rings. The van der Waals surface area contributed by atoms with E-state index < -0.39 is 5.97 Å². The first kappa shape index (κ1) is 17.0. The van der Waals surface area contributed by atoms with E-state index in [1.165, 1.54) is 19.1 Å². The zero-order valence-electron chi connectivity index (χ0n) is 13.0. The summed E-state index contributed by atoms with van der Waals surface area (Å²) >= 11 is 6.15. The van der Waals surface area contributed by atoms with E-state index in [1.807, 2.05) is 30.3 Å². The van der Waals surface area contributed by atoms with Crippen molar-refractivity contribution in [2.45, 2.75) is 20.5 Å². The number of ketones is 1. The molecule has 0 aromatic heterocycles. The van der Waals surface area contributed by atoms with Crippen molar-refractivity contribution in [3.63, 3.8) is 0 Å². The number of esters is 1. The van der Waals surface area contributed by atoms with Crippen LogP contribution in [0.2, 0.25) is 5.02 Å². The molecule has 0 bridgehead atoms. The molecule has 0 N–H and O–H groups in total. The third kappa shape index (κ3) is 4.33. The summed E-state index contributed by atoms with van der Waals surface area (Å²) in [5.74, 6) is -0.482. The zero-order chi connectivity index (χ0) is 16.8. The Morgan fingerprint density at radius 2 is 1.83 bits per heavy atom. The van der Waals surface area contributed by atoms with E-state index in [1.54, 1.807) is 6.92 Å². The summed E-state index contributed by atoms with van der Waals surface area (Å²) in [6.07, 6.45) is 0. The average molecular weight is 333 g/mol. The van der Waals surface area contributed by atoms with Gasteiger partial charge >= 0.3 is 5.97 Å². The third-order valence-electron chi connectivity index (χ3n) is 3.16. The maximum Gasteiger partial charge on any atom is 0.339 e. The van der Waals surface area contributed by atoms with Gasteiger partial charge in [0.15, 0.2) is 5.78 Å². The highest BCUT2D eigenvalue weighted by Gasteiger charge is 2.20. The number of benzene rings is 2. The van der Waals surface area contributed by atoms with Crippen LogP contribution >= 0.6 is 11.6 Å². The molecular formula is C18H17ClO4. The Bertz CT molecular complexity index is 710. The molecule has 5 heteroatoms. The Hall–Kier alpha value is -2.33. The van der Waals surface area contributed by atoms with Crippen molar-refractivity contribution < 1.29 is 19.1 Å². The van der Waals surface area contributed by atoms with Gasteiger partial charge in [-0.15, -0.1) is 0 Å². The first-order chi connectivity index (χ1) is 11.0. The molecule has 0 heterocycles. The molecule has 23 heavy (non-hydrogen) atoms. The van der Waals surface area contributed by atoms with Crippen LogP contribution in [0.4, 0.5) is 0 Å². The number of halogens is 1. The summed E-state index contributed by atoms with van der Waals surface area (Å²) in [7, 11) is 0. The molecule has 0 spiro atoms. The normalized spacial score (nSPS) is 10.2. The molecule has 0 unspecified atom stereocenters. The second-order valence-electron chi connectivity index (χ2n) is 4.88. The van der Waals surface area contributed by atoms with Crippen LogP contribution in [-0.4, -0.2) is 18.4 Å². The number of rotatable bonds is 6. The summed E-state index contributed by atoms with van der Waals surface area (Å²) < 4.78 is 10.7. The third-order valence-corrected chi connectivity index (χ3v) is 3.46. The molecule has 0 saturated heterocycles. The second-order valence-corrected chi connectivity index (χ2v) is 5.29. The van der Waals surface area contributed by atoms with Gasteiger partial charge in [0.25, 0.3) is 0 Å². The summed E-state index contributed by atoms with van der Waals surface area (Å²) in [5.41, 5.74) is 1.25. The van der Waals surface area contributed by atoms with Crippen molar-refractivity contribution in [2.24, 2.45) is 0 Å². The van der Waals surface area contributed by atoms with Crippen molar-refractivity contribution in [2.75, 3.05) is 6.61 Å². The first-order valence-electron chi connectivity index (χ1n) is 7.21. The second kappa shape index (κ2) is 7.79. The van der Waals surface area contributed by atoms with E-state index in [0.29, 0.717) is 12.4 Å². The zero-order valence-corrected chi connectivity index (χ0v) is 13.7. The number of ether oxygens (including phenoxy) is 2. The fourth-order valence-electron chi connectivity index (χ4n) is 2.13. The number of carbonyl (C=O) groups is 2. The Labute approximate surface area is 140 Å². The van der Waals surface area contributed by atoms with Crippen LogP contribution in [0, 0.1) is 0 Å². The van der Waals surface area contributed by atoms with Gasteiger partial charge in [0.1, 0.15) is 12.4 Å².